The smallest absolute Gasteiger partial charge is 0.138 e. The molecule has 0 aliphatic rings. The van der Waals surface area contributed by atoms with Crippen molar-refractivity contribution in [2.75, 3.05) is 0 Å². The molecule has 0 saturated carbocycles. The van der Waals surface area contributed by atoms with Gasteiger partial charge in [-0.2, -0.15) is 5.10 Å². The normalized spacial score (nSPS) is 12.7. The van der Waals surface area contributed by atoms with E-state index in [0.29, 0.717) is 6.42 Å². The van der Waals surface area contributed by atoms with E-state index in [2.05, 4.69) is 25.5 Å². The van der Waals surface area contributed by atoms with E-state index in [0.717, 1.165) is 22.4 Å². The van der Waals surface area contributed by atoms with E-state index in [1.54, 1.807) is 17.1 Å². The summed E-state index contributed by atoms with van der Waals surface area (Å²) in [6.45, 7) is 0. The van der Waals surface area contributed by atoms with Crippen LogP contribution in [0, 0.1) is 0 Å². The van der Waals surface area contributed by atoms with E-state index in [-0.39, 0.29) is 6.04 Å². The van der Waals surface area contributed by atoms with Crippen molar-refractivity contribution < 1.29 is 0 Å². The van der Waals surface area contributed by atoms with Crippen LogP contribution >= 0.6 is 0 Å². The van der Waals surface area contributed by atoms with Crippen LogP contribution in [0.25, 0.3) is 11.0 Å². The molecule has 3 N–H and O–H groups in total. The molecule has 102 valence electrons. The van der Waals surface area contributed by atoms with Gasteiger partial charge in [0.05, 0.1) is 17.1 Å². The van der Waals surface area contributed by atoms with Crippen LogP contribution in [0.2, 0.25) is 0 Å². The molecular formula is C13H15N7. The summed E-state index contributed by atoms with van der Waals surface area (Å²) in [4.78, 5) is 12.8. The number of nitrogens with one attached hydrogen (secondary N) is 1. The van der Waals surface area contributed by atoms with Crippen LogP contribution in [0.1, 0.15) is 17.4 Å². The van der Waals surface area contributed by atoms with Gasteiger partial charge >= 0.3 is 0 Å². The van der Waals surface area contributed by atoms with E-state index in [4.69, 9.17) is 5.84 Å². The van der Waals surface area contributed by atoms with E-state index in [1.807, 2.05) is 25.2 Å². The highest BCUT2D eigenvalue weighted by Gasteiger charge is 2.14. The zero-order valence-electron chi connectivity index (χ0n) is 11.1. The fourth-order valence-corrected chi connectivity index (χ4v) is 2.16. The summed E-state index contributed by atoms with van der Waals surface area (Å²) in [5.74, 6) is 6.54. The third kappa shape index (κ3) is 2.36. The summed E-state index contributed by atoms with van der Waals surface area (Å²) in [5.41, 5.74) is 5.58. The standard InChI is InChI=1S/C13H15N7/c1-20-13(17-8-18-20)7-11(19-14)9-2-3-10-12(6-9)16-5-4-15-10/h2-6,8,11,19H,7,14H2,1H3. The third-order valence-electron chi connectivity index (χ3n) is 3.29. The van der Waals surface area contributed by atoms with Gasteiger partial charge in [0.25, 0.3) is 0 Å². The van der Waals surface area contributed by atoms with Gasteiger partial charge < -0.3 is 0 Å². The Hall–Kier alpha value is -2.38. The van der Waals surface area contributed by atoms with Crippen molar-refractivity contribution in [2.45, 2.75) is 12.5 Å². The SMILES string of the molecule is Cn1ncnc1CC(NN)c1ccc2nccnc2c1. The molecule has 3 rings (SSSR count). The van der Waals surface area contributed by atoms with Crippen LogP contribution in [-0.2, 0) is 13.5 Å². The Morgan fingerprint density at radius 3 is 2.70 bits per heavy atom. The zero-order chi connectivity index (χ0) is 13.9. The maximum atomic E-state index is 5.67. The lowest BCUT2D eigenvalue weighted by atomic mass is 10.0. The number of fused-ring (bicyclic) bond motifs is 1. The minimum absolute atomic E-state index is 0.0516. The Kier molecular flexibility index (Phi) is 3.36. The van der Waals surface area contributed by atoms with Gasteiger partial charge in [-0.1, -0.05) is 6.07 Å². The second-order valence-corrected chi connectivity index (χ2v) is 4.53. The van der Waals surface area contributed by atoms with Gasteiger partial charge in [-0.15, -0.1) is 0 Å². The molecule has 1 atom stereocenters. The molecule has 7 nitrogen and oxygen atoms in total. The third-order valence-corrected chi connectivity index (χ3v) is 3.29. The maximum Gasteiger partial charge on any atom is 0.138 e. The van der Waals surface area contributed by atoms with Gasteiger partial charge in [0.1, 0.15) is 12.2 Å². The fourth-order valence-electron chi connectivity index (χ4n) is 2.16. The minimum Gasteiger partial charge on any atom is -0.271 e. The summed E-state index contributed by atoms with van der Waals surface area (Å²) >= 11 is 0. The summed E-state index contributed by atoms with van der Waals surface area (Å²) < 4.78 is 1.74. The van der Waals surface area contributed by atoms with Gasteiger partial charge in [-0.25, -0.2) is 4.98 Å². The number of hydrogen-bond acceptors (Lipinski definition) is 6. The molecule has 20 heavy (non-hydrogen) atoms. The average Bonchev–Trinajstić information content (AvgIpc) is 2.89. The van der Waals surface area contributed by atoms with E-state index < -0.39 is 0 Å². The van der Waals surface area contributed by atoms with Crippen LogP contribution < -0.4 is 11.3 Å². The summed E-state index contributed by atoms with van der Waals surface area (Å²) in [7, 11) is 1.86. The van der Waals surface area contributed by atoms with Crippen LogP contribution in [0.5, 0.6) is 0 Å². The van der Waals surface area contributed by atoms with Crippen molar-refractivity contribution in [3.63, 3.8) is 0 Å². The monoisotopic (exact) mass is 269 g/mol. The van der Waals surface area contributed by atoms with E-state index in [9.17, 15) is 0 Å². The minimum atomic E-state index is -0.0516. The Morgan fingerprint density at radius 2 is 2.00 bits per heavy atom. The van der Waals surface area contributed by atoms with Crippen LogP contribution in [0.3, 0.4) is 0 Å². The van der Waals surface area contributed by atoms with Crippen molar-refractivity contribution in [2.24, 2.45) is 12.9 Å². The summed E-state index contributed by atoms with van der Waals surface area (Å²) in [6, 6.07) is 5.88. The molecule has 0 spiro atoms. The van der Waals surface area contributed by atoms with Crippen molar-refractivity contribution in [3.05, 3.63) is 48.3 Å². The molecule has 0 aliphatic heterocycles. The summed E-state index contributed by atoms with van der Waals surface area (Å²) in [6.07, 6.45) is 5.55. The molecule has 1 aromatic carbocycles. The van der Waals surface area contributed by atoms with Gasteiger partial charge in [-0.05, 0) is 17.7 Å². The molecule has 0 bridgehead atoms. The van der Waals surface area contributed by atoms with Gasteiger partial charge in [0, 0.05) is 25.9 Å². The Balaban J connectivity index is 1.92. The summed E-state index contributed by atoms with van der Waals surface area (Å²) in [5, 5.41) is 4.06. The Morgan fingerprint density at radius 1 is 1.20 bits per heavy atom. The number of nitrogens with zero attached hydrogens (tertiary/aromatic N) is 5. The second kappa shape index (κ2) is 5.32. The lowest BCUT2D eigenvalue weighted by Crippen LogP contribution is -2.30. The highest BCUT2D eigenvalue weighted by atomic mass is 15.3. The lowest BCUT2D eigenvalue weighted by Gasteiger charge is -2.16. The first-order chi connectivity index (χ1) is 9.78. The quantitative estimate of drug-likeness (QED) is 0.529. The first kappa shape index (κ1) is 12.6. The molecule has 0 fully saturated rings. The molecule has 2 heterocycles. The number of aryl methyl sites for hydroxylation is 1. The molecule has 0 amide bonds. The molecule has 2 aromatic heterocycles. The zero-order valence-corrected chi connectivity index (χ0v) is 11.1. The molecule has 7 heteroatoms. The van der Waals surface area contributed by atoms with Gasteiger partial charge in [-0.3, -0.25) is 25.9 Å². The maximum absolute atomic E-state index is 5.67. The van der Waals surface area contributed by atoms with Gasteiger partial charge in [0.15, 0.2) is 0 Å². The predicted octanol–water partition coefficient (Wildman–Crippen LogP) is 0.505. The average molecular weight is 269 g/mol. The molecule has 3 aromatic rings. The second-order valence-electron chi connectivity index (χ2n) is 4.53. The van der Waals surface area contributed by atoms with Crippen molar-refractivity contribution >= 4 is 11.0 Å². The molecular weight excluding hydrogens is 254 g/mol. The molecule has 0 aliphatic carbocycles. The molecule has 1 unspecified atom stereocenters. The Bertz CT molecular complexity index is 721. The van der Waals surface area contributed by atoms with Crippen LogP contribution in [0.15, 0.2) is 36.9 Å². The topological polar surface area (TPSA) is 94.5 Å². The van der Waals surface area contributed by atoms with Crippen molar-refractivity contribution in [1.82, 2.24) is 30.2 Å². The number of hydrogen-bond donors (Lipinski definition) is 2. The van der Waals surface area contributed by atoms with Crippen LogP contribution in [0.4, 0.5) is 0 Å². The number of nitrogens with two attached hydrogens (primary N) is 1. The van der Waals surface area contributed by atoms with E-state index in [1.165, 1.54) is 6.33 Å². The number of hydrazine groups is 1. The van der Waals surface area contributed by atoms with E-state index >= 15 is 0 Å². The largest absolute Gasteiger partial charge is 0.271 e. The highest BCUT2D eigenvalue weighted by Crippen LogP contribution is 2.19. The first-order valence-corrected chi connectivity index (χ1v) is 6.27. The number of aromatic nitrogens is 5. The highest BCUT2D eigenvalue weighted by molar-refractivity contribution is 5.74. The van der Waals surface area contributed by atoms with Crippen molar-refractivity contribution in [1.29, 1.82) is 0 Å². The van der Waals surface area contributed by atoms with Crippen LogP contribution in [-0.4, -0.2) is 24.7 Å². The van der Waals surface area contributed by atoms with Crippen molar-refractivity contribution in [3.8, 4) is 0 Å². The molecule has 0 saturated heterocycles. The lowest BCUT2D eigenvalue weighted by molar-refractivity contribution is 0.523. The predicted molar refractivity (Wildman–Crippen MR) is 74.3 cm³/mol. The van der Waals surface area contributed by atoms with Gasteiger partial charge in [0.2, 0.25) is 0 Å². The molecule has 0 radical (unpaired) electrons. The number of benzene rings is 1. The fraction of sp³-hybridized carbons (Fsp3) is 0.231. The Labute approximate surface area is 115 Å². The first-order valence-electron chi connectivity index (χ1n) is 6.27. The number of rotatable bonds is 4.